The van der Waals surface area contributed by atoms with Crippen molar-refractivity contribution in [2.45, 2.75) is 18.9 Å². The van der Waals surface area contributed by atoms with Gasteiger partial charge in [0.15, 0.2) is 0 Å². The number of hydrogen-bond donors (Lipinski definition) is 1. The van der Waals surface area contributed by atoms with Crippen molar-refractivity contribution in [1.29, 1.82) is 0 Å². The van der Waals surface area contributed by atoms with Gasteiger partial charge in [-0.25, -0.2) is 9.97 Å². The van der Waals surface area contributed by atoms with Gasteiger partial charge in [0.05, 0.1) is 16.5 Å². The fraction of sp³-hybridized carbons (Fsp3) is 0.188. The summed E-state index contributed by atoms with van der Waals surface area (Å²) in [6.45, 7) is 3.91. The first kappa shape index (κ1) is 16.2. The van der Waals surface area contributed by atoms with Crippen molar-refractivity contribution in [3.05, 3.63) is 46.1 Å². The summed E-state index contributed by atoms with van der Waals surface area (Å²) in [6.07, 6.45) is 1.53. The van der Waals surface area contributed by atoms with E-state index >= 15 is 0 Å². The molecule has 7 heteroatoms. The second kappa shape index (κ2) is 6.86. The zero-order valence-corrected chi connectivity index (χ0v) is 15.0. The van der Waals surface area contributed by atoms with Crippen LogP contribution in [0.15, 0.2) is 34.9 Å². The highest BCUT2D eigenvalue weighted by Gasteiger charge is 2.12. The number of hydrogen-bond acceptors (Lipinski definition) is 5. The SMILES string of the molecule is Cc1cc(C)c(NC(=O)CSc2ncnc3sccc23)c(Cl)c1. The predicted octanol–water partition coefficient (Wildman–Crippen LogP) is 4.69. The molecule has 0 aliphatic rings. The van der Waals surface area contributed by atoms with Gasteiger partial charge in [-0.05, 0) is 42.5 Å². The highest BCUT2D eigenvalue weighted by Crippen LogP contribution is 2.29. The van der Waals surface area contributed by atoms with E-state index in [9.17, 15) is 4.79 Å². The third-order valence-corrected chi connectivity index (χ3v) is 5.39. The first-order chi connectivity index (χ1) is 11.0. The van der Waals surface area contributed by atoms with Crippen molar-refractivity contribution in [1.82, 2.24) is 9.97 Å². The van der Waals surface area contributed by atoms with Crippen LogP contribution in [0.2, 0.25) is 5.02 Å². The molecular formula is C16H14ClN3OS2. The number of nitrogens with one attached hydrogen (secondary N) is 1. The van der Waals surface area contributed by atoms with E-state index in [1.54, 1.807) is 11.3 Å². The number of nitrogens with zero attached hydrogens (tertiary/aromatic N) is 2. The number of fused-ring (bicyclic) bond motifs is 1. The molecule has 1 N–H and O–H groups in total. The van der Waals surface area contributed by atoms with Gasteiger partial charge >= 0.3 is 0 Å². The summed E-state index contributed by atoms with van der Waals surface area (Å²) in [6, 6.07) is 5.81. The molecule has 0 saturated heterocycles. The molecule has 0 aliphatic heterocycles. The minimum absolute atomic E-state index is 0.106. The second-order valence-corrected chi connectivity index (χ2v) is 7.36. The number of anilines is 1. The number of amides is 1. The minimum Gasteiger partial charge on any atom is -0.324 e. The van der Waals surface area contributed by atoms with E-state index in [4.69, 9.17) is 11.6 Å². The number of halogens is 1. The molecule has 4 nitrogen and oxygen atoms in total. The van der Waals surface area contributed by atoms with Gasteiger partial charge in [-0.3, -0.25) is 4.79 Å². The van der Waals surface area contributed by atoms with Crippen LogP contribution in [0.5, 0.6) is 0 Å². The molecule has 0 aliphatic carbocycles. The van der Waals surface area contributed by atoms with Gasteiger partial charge in [0.25, 0.3) is 0 Å². The number of aryl methyl sites for hydroxylation is 2. The Morgan fingerprint density at radius 1 is 1.35 bits per heavy atom. The van der Waals surface area contributed by atoms with Gasteiger partial charge in [0, 0.05) is 5.39 Å². The standard InChI is InChI=1S/C16H14ClN3OS2/c1-9-5-10(2)14(12(17)6-9)20-13(21)7-23-16-11-3-4-22-15(11)18-8-19-16/h3-6,8H,7H2,1-2H3,(H,20,21). The number of aromatic nitrogens is 2. The largest absolute Gasteiger partial charge is 0.324 e. The summed E-state index contributed by atoms with van der Waals surface area (Å²) in [5.74, 6) is 0.164. The maximum atomic E-state index is 12.2. The number of benzene rings is 1. The van der Waals surface area contributed by atoms with E-state index in [0.717, 1.165) is 26.4 Å². The molecule has 0 radical (unpaired) electrons. The van der Waals surface area contributed by atoms with Gasteiger partial charge in [-0.15, -0.1) is 11.3 Å². The molecule has 0 unspecified atom stereocenters. The van der Waals surface area contributed by atoms with Crippen LogP contribution in [0.1, 0.15) is 11.1 Å². The summed E-state index contributed by atoms with van der Waals surface area (Å²) in [4.78, 5) is 21.6. The first-order valence-corrected chi connectivity index (χ1v) is 9.16. The molecule has 0 spiro atoms. The molecule has 2 heterocycles. The minimum atomic E-state index is -0.106. The van der Waals surface area contributed by atoms with Crippen LogP contribution in [0.3, 0.4) is 0 Å². The highest BCUT2D eigenvalue weighted by molar-refractivity contribution is 8.00. The Hall–Kier alpha value is -1.63. The number of carbonyl (C=O) groups is 1. The Bertz CT molecular complexity index is 856. The van der Waals surface area contributed by atoms with Crippen molar-refractivity contribution >= 4 is 56.5 Å². The Morgan fingerprint density at radius 2 is 2.17 bits per heavy atom. The lowest BCUT2D eigenvalue weighted by atomic mass is 10.1. The molecule has 2 aromatic heterocycles. The fourth-order valence-corrected chi connectivity index (χ4v) is 4.21. The Labute approximate surface area is 147 Å². The summed E-state index contributed by atoms with van der Waals surface area (Å²) in [7, 11) is 0. The molecule has 0 atom stereocenters. The predicted molar refractivity (Wildman–Crippen MR) is 97.7 cm³/mol. The van der Waals surface area contributed by atoms with Crippen LogP contribution < -0.4 is 5.32 Å². The van der Waals surface area contributed by atoms with Crippen molar-refractivity contribution in [2.75, 3.05) is 11.1 Å². The Kier molecular flexibility index (Phi) is 4.84. The van der Waals surface area contributed by atoms with E-state index in [1.165, 1.54) is 18.1 Å². The van der Waals surface area contributed by atoms with E-state index in [0.29, 0.717) is 10.7 Å². The topological polar surface area (TPSA) is 54.9 Å². The van der Waals surface area contributed by atoms with Crippen LogP contribution >= 0.6 is 34.7 Å². The highest BCUT2D eigenvalue weighted by atomic mass is 35.5. The Balaban J connectivity index is 1.70. The zero-order chi connectivity index (χ0) is 16.4. The van der Waals surface area contributed by atoms with Crippen molar-refractivity contribution < 1.29 is 4.79 Å². The van der Waals surface area contributed by atoms with E-state index < -0.39 is 0 Å². The number of thiophene rings is 1. The summed E-state index contributed by atoms with van der Waals surface area (Å²) in [5.41, 5.74) is 2.70. The summed E-state index contributed by atoms with van der Waals surface area (Å²) >= 11 is 9.18. The van der Waals surface area contributed by atoms with E-state index in [2.05, 4.69) is 15.3 Å². The van der Waals surface area contributed by atoms with Crippen molar-refractivity contribution in [3.63, 3.8) is 0 Å². The van der Waals surface area contributed by atoms with Crippen LogP contribution in [-0.2, 0) is 4.79 Å². The van der Waals surface area contributed by atoms with E-state index in [-0.39, 0.29) is 11.7 Å². The zero-order valence-electron chi connectivity index (χ0n) is 12.6. The number of rotatable bonds is 4. The molecule has 1 amide bonds. The lowest BCUT2D eigenvalue weighted by molar-refractivity contribution is -0.113. The quantitative estimate of drug-likeness (QED) is 0.539. The maximum Gasteiger partial charge on any atom is 0.234 e. The lowest BCUT2D eigenvalue weighted by Gasteiger charge is -2.11. The lowest BCUT2D eigenvalue weighted by Crippen LogP contribution is -2.15. The number of carbonyl (C=O) groups excluding carboxylic acids is 1. The summed E-state index contributed by atoms with van der Waals surface area (Å²) < 4.78 is 0. The molecule has 3 rings (SSSR count). The van der Waals surface area contributed by atoms with E-state index in [1.807, 2.05) is 37.4 Å². The first-order valence-electron chi connectivity index (χ1n) is 6.92. The van der Waals surface area contributed by atoms with Gasteiger partial charge in [0.2, 0.25) is 5.91 Å². The van der Waals surface area contributed by atoms with Gasteiger partial charge < -0.3 is 5.32 Å². The molecule has 0 fully saturated rings. The molecule has 3 aromatic rings. The molecule has 1 aromatic carbocycles. The van der Waals surface area contributed by atoms with Gasteiger partial charge in [0.1, 0.15) is 16.2 Å². The normalized spacial score (nSPS) is 10.9. The summed E-state index contributed by atoms with van der Waals surface area (Å²) in [5, 5.41) is 7.22. The second-order valence-electron chi connectivity index (χ2n) is 5.09. The van der Waals surface area contributed by atoms with Gasteiger partial charge in [-0.2, -0.15) is 0 Å². The monoisotopic (exact) mass is 363 g/mol. The van der Waals surface area contributed by atoms with Crippen LogP contribution in [0.4, 0.5) is 5.69 Å². The fourth-order valence-electron chi connectivity index (χ4n) is 2.27. The number of thioether (sulfide) groups is 1. The average molecular weight is 364 g/mol. The van der Waals surface area contributed by atoms with Crippen molar-refractivity contribution in [2.24, 2.45) is 0 Å². The van der Waals surface area contributed by atoms with Gasteiger partial charge in [-0.1, -0.05) is 29.4 Å². The average Bonchev–Trinajstić information content (AvgIpc) is 2.97. The molecule has 0 saturated carbocycles. The molecule has 0 bridgehead atoms. The van der Waals surface area contributed by atoms with Crippen LogP contribution in [0.25, 0.3) is 10.2 Å². The van der Waals surface area contributed by atoms with Crippen LogP contribution in [-0.4, -0.2) is 21.6 Å². The smallest absolute Gasteiger partial charge is 0.234 e. The third kappa shape index (κ3) is 3.65. The van der Waals surface area contributed by atoms with Crippen LogP contribution in [0, 0.1) is 13.8 Å². The Morgan fingerprint density at radius 3 is 2.96 bits per heavy atom. The maximum absolute atomic E-state index is 12.2. The van der Waals surface area contributed by atoms with Crippen molar-refractivity contribution in [3.8, 4) is 0 Å². The molecular weight excluding hydrogens is 350 g/mol. The third-order valence-electron chi connectivity index (χ3n) is 3.26. The molecule has 23 heavy (non-hydrogen) atoms. The molecule has 118 valence electrons.